The number of aromatic nitrogens is 1. The molecule has 94 valence electrons. The SMILES string of the molecule is Ic1ccc(CCc2cccc3ccccc23)nc1. The molecular weight excluding hydrogens is 345 g/mol. The van der Waals surface area contributed by atoms with Gasteiger partial charge in [0.05, 0.1) is 0 Å². The van der Waals surface area contributed by atoms with Crippen molar-refractivity contribution in [3.8, 4) is 0 Å². The van der Waals surface area contributed by atoms with Gasteiger partial charge in [-0.1, -0.05) is 42.5 Å². The standard InChI is InChI=1S/C17H14IN/c18-15-9-11-16(19-12-15)10-8-14-6-3-5-13-4-1-2-7-17(13)14/h1-7,9,11-12H,8,10H2. The summed E-state index contributed by atoms with van der Waals surface area (Å²) in [5.41, 5.74) is 2.56. The van der Waals surface area contributed by atoms with E-state index in [0.29, 0.717) is 0 Å². The number of halogens is 1. The highest BCUT2D eigenvalue weighted by atomic mass is 127. The first-order valence-corrected chi connectivity index (χ1v) is 7.48. The molecule has 2 aromatic carbocycles. The van der Waals surface area contributed by atoms with Gasteiger partial charge in [-0.2, -0.15) is 0 Å². The van der Waals surface area contributed by atoms with Crippen LogP contribution < -0.4 is 0 Å². The quantitative estimate of drug-likeness (QED) is 0.622. The molecule has 0 unspecified atom stereocenters. The van der Waals surface area contributed by atoms with Gasteiger partial charge in [0.2, 0.25) is 0 Å². The van der Waals surface area contributed by atoms with E-state index in [-0.39, 0.29) is 0 Å². The average molecular weight is 359 g/mol. The van der Waals surface area contributed by atoms with Crippen molar-refractivity contribution in [3.63, 3.8) is 0 Å². The van der Waals surface area contributed by atoms with Crippen LogP contribution in [0.15, 0.2) is 60.8 Å². The van der Waals surface area contributed by atoms with Gasteiger partial charge in [-0.05, 0) is 63.9 Å². The van der Waals surface area contributed by atoms with Gasteiger partial charge in [0.25, 0.3) is 0 Å². The van der Waals surface area contributed by atoms with Crippen LogP contribution in [0.4, 0.5) is 0 Å². The second-order valence-corrected chi connectivity index (χ2v) is 5.85. The van der Waals surface area contributed by atoms with Crippen LogP contribution in [0.5, 0.6) is 0 Å². The lowest BCUT2D eigenvalue weighted by Gasteiger charge is -2.06. The van der Waals surface area contributed by atoms with Crippen molar-refractivity contribution < 1.29 is 0 Å². The normalized spacial score (nSPS) is 10.8. The number of pyridine rings is 1. The number of benzene rings is 2. The molecule has 1 nitrogen and oxygen atoms in total. The Kier molecular flexibility index (Phi) is 3.78. The summed E-state index contributed by atoms with van der Waals surface area (Å²) in [5, 5.41) is 2.67. The van der Waals surface area contributed by atoms with Gasteiger partial charge in [-0.25, -0.2) is 0 Å². The van der Waals surface area contributed by atoms with Gasteiger partial charge in [0, 0.05) is 15.5 Å². The molecule has 1 aromatic heterocycles. The Morgan fingerprint density at radius 1 is 0.842 bits per heavy atom. The van der Waals surface area contributed by atoms with Gasteiger partial charge in [-0.15, -0.1) is 0 Å². The van der Waals surface area contributed by atoms with E-state index in [1.807, 2.05) is 6.20 Å². The van der Waals surface area contributed by atoms with Crippen LogP contribution in [0.1, 0.15) is 11.3 Å². The first-order chi connectivity index (χ1) is 9.33. The van der Waals surface area contributed by atoms with Crippen LogP contribution in [0.3, 0.4) is 0 Å². The topological polar surface area (TPSA) is 12.9 Å². The summed E-state index contributed by atoms with van der Waals surface area (Å²) in [6.07, 6.45) is 3.96. The lowest BCUT2D eigenvalue weighted by molar-refractivity contribution is 0.918. The Morgan fingerprint density at radius 2 is 1.68 bits per heavy atom. The number of hydrogen-bond acceptors (Lipinski definition) is 1. The van der Waals surface area contributed by atoms with Crippen molar-refractivity contribution >= 4 is 33.4 Å². The van der Waals surface area contributed by atoms with Crippen LogP contribution >= 0.6 is 22.6 Å². The predicted octanol–water partition coefficient (Wildman–Crippen LogP) is 4.62. The maximum atomic E-state index is 4.47. The molecule has 2 heteroatoms. The van der Waals surface area contributed by atoms with E-state index < -0.39 is 0 Å². The minimum absolute atomic E-state index is 0.991. The molecule has 0 aliphatic carbocycles. The van der Waals surface area contributed by atoms with E-state index in [0.717, 1.165) is 18.5 Å². The maximum Gasteiger partial charge on any atom is 0.0407 e. The third-order valence-corrected chi connectivity index (χ3v) is 3.96. The molecule has 0 saturated heterocycles. The summed E-state index contributed by atoms with van der Waals surface area (Å²) >= 11 is 2.29. The fraction of sp³-hybridized carbons (Fsp3) is 0.118. The Hall–Kier alpha value is -1.42. The fourth-order valence-corrected chi connectivity index (χ4v) is 2.65. The summed E-state index contributed by atoms with van der Waals surface area (Å²) in [4.78, 5) is 4.47. The molecule has 0 aliphatic heterocycles. The third-order valence-electron chi connectivity index (χ3n) is 3.32. The first-order valence-electron chi connectivity index (χ1n) is 6.40. The number of hydrogen-bond donors (Lipinski definition) is 0. The highest BCUT2D eigenvalue weighted by Gasteiger charge is 2.01. The van der Waals surface area contributed by atoms with Gasteiger partial charge in [-0.3, -0.25) is 4.98 Å². The lowest BCUT2D eigenvalue weighted by Crippen LogP contribution is -1.95. The van der Waals surface area contributed by atoms with E-state index >= 15 is 0 Å². The highest BCUT2D eigenvalue weighted by molar-refractivity contribution is 14.1. The minimum Gasteiger partial charge on any atom is -0.260 e. The molecule has 3 aromatic rings. The van der Waals surface area contributed by atoms with E-state index in [2.05, 4.69) is 82.2 Å². The Morgan fingerprint density at radius 3 is 2.53 bits per heavy atom. The lowest BCUT2D eigenvalue weighted by atomic mass is 10.00. The second-order valence-electron chi connectivity index (χ2n) is 4.61. The Labute approximate surface area is 126 Å². The second kappa shape index (κ2) is 5.70. The number of nitrogens with zero attached hydrogens (tertiary/aromatic N) is 1. The zero-order valence-corrected chi connectivity index (χ0v) is 12.7. The molecule has 0 N–H and O–H groups in total. The van der Waals surface area contributed by atoms with Crippen molar-refractivity contribution in [1.82, 2.24) is 4.98 Å². The molecule has 0 saturated carbocycles. The van der Waals surface area contributed by atoms with Crippen LogP contribution in [-0.4, -0.2) is 4.98 Å². The molecule has 0 radical (unpaired) electrons. The molecule has 3 rings (SSSR count). The summed E-state index contributed by atoms with van der Waals surface area (Å²) in [7, 11) is 0. The number of fused-ring (bicyclic) bond motifs is 1. The summed E-state index contributed by atoms with van der Waals surface area (Å²) in [6.45, 7) is 0. The van der Waals surface area contributed by atoms with Gasteiger partial charge < -0.3 is 0 Å². The fourth-order valence-electron chi connectivity index (χ4n) is 2.33. The Balaban J connectivity index is 1.84. The van der Waals surface area contributed by atoms with Gasteiger partial charge >= 0.3 is 0 Å². The monoisotopic (exact) mass is 359 g/mol. The summed E-state index contributed by atoms with van der Waals surface area (Å²) < 4.78 is 1.19. The summed E-state index contributed by atoms with van der Waals surface area (Å²) in [6, 6.07) is 19.3. The zero-order chi connectivity index (χ0) is 13.1. The average Bonchev–Trinajstić information content (AvgIpc) is 2.47. The van der Waals surface area contributed by atoms with Crippen LogP contribution in [0.25, 0.3) is 10.8 Å². The van der Waals surface area contributed by atoms with Crippen molar-refractivity contribution in [2.75, 3.05) is 0 Å². The van der Waals surface area contributed by atoms with E-state index in [4.69, 9.17) is 0 Å². The van der Waals surface area contributed by atoms with Crippen molar-refractivity contribution in [2.24, 2.45) is 0 Å². The molecule has 1 heterocycles. The van der Waals surface area contributed by atoms with Crippen molar-refractivity contribution in [1.29, 1.82) is 0 Å². The van der Waals surface area contributed by atoms with Crippen LogP contribution in [-0.2, 0) is 12.8 Å². The molecule has 0 spiro atoms. The van der Waals surface area contributed by atoms with Crippen molar-refractivity contribution in [2.45, 2.75) is 12.8 Å². The third kappa shape index (κ3) is 2.95. The first kappa shape index (κ1) is 12.6. The number of aryl methyl sites for hydroxylation is 2. The van der Waals surface area contributed by atoms with E-state index in [1.54, 1.807) is 0 Å². The van der Waals surface area contributed by atoms with E-state index in [9.17, 15) is 0 Å². The predicted molar refractivity (Wildman–Crippen MR) is 88.3 cm³/mol. The largest absolute Gasteiger partial charge is 0.260 e. The Bertz CT molecular complexity index is 684. The van der Waals surface area contributed by atoms with E-state index in [1.165, 1.54) is 19.9 Å². The van der Waals surface area contributed by atoms with Gasteiger partial charge in [0.1, 0.15) is 0 Å². The maximum absolute atomic E-state index is 4.47. The molecule has 0 fully saturated rings. The zero-order valence-electron chi connectivity index (χ0n) is 10.5. The molecule has 19 heavy (non-hydrogen) atoms. The molecule has 0 atom stereocenters. The molecule has 0 amide bonds. The smallest absolute Gasteiger partial charge is 0.0407 e. The van der Waals surface area contributed by atoms with Crippen LogP contribution in [0, 0.1) is 3.57 Å². The van der Waals surface area contributed by atoms with Crippen molar-refractivity contribution in [3.05, 3.63) is 75.6 Å². The molecule has 0 aliphatic rings. The number of rotatable bonds is 3. The van der Waals surface area contributed by atoms with Crippen LogP contribution in [0.2, 0.25) is 0 Å². The molecule has 0 bridgehead atoms. The highest BCUT2D eigenvalue weighted by Crippen LogP contribution is 2.19. The van der Waals surface area contributed by atoms with Gasteiger partial charge in [0.15, 0.2) is 0 Å². The summed E-state index contributed by atoms with van der Waals surface area (Å²) in [5.74, 6) is 0. The molecular formula is C17H14IN. The minimum atomic E-state index is 0.991.